The summed E-state index contributed by atoms with van der Waals surface area (Å²) in [6.07, 6.45) is 3.64. The molecule has 8 rings (SSSR count). The molecule has 0 bridgehead atoms. The molecule has 0 atom stereocenters. The van der Waals surface area contributed by atoms with Crippen molar-refractivity contribution in [3.8, 4) is 33.6 Å². The van der Waals surface area contributed by atoms with Crippen molar-refractivity contribution in [2.75, 3.05) is 0 Å². The summed E-state index contributed by atoms with van der Waals surface area (Å²) < 4.78 is 0. The van der Waals surface area contributed by atoms with Gasteiger partial charge in [0.05, 0.1) is 11.4 Å². The zero-order valence-corrected chi connectivity index (χ0v) is 24.4. The van der Waals surface area contributed by atoms with Crippen LogP contribution in [0.15, 0.2) is 122 Å². The summed E-state index contributed by atoms with van der Waals surface area (Å²) in [4.78, 5) is 9.20. The summed E-state index contributed by atoms with van der Waals surface area (Å²) in [7, 11) is 0. The van der Waals surface area contributed by atoms with Gasteiger partial charge < -0.3 is 0 Å². The van der Waals surface area contributed by atoms with Crippen LogP contribution in [0.4, 0.5) is 0 Å². The van der Waals surface area contributed by atoms with Gasteiger partial charge in [0, 0.05) is 34.4 Å². The lowest BCUT2D eigenvalue weighted by molar-refractivity contribution is 0.694. The first-order valence-corrected chi connectivity index (χ1v) is 14.7. The van der Waals surface area contributed by atoms with Crippen LogP contribution in [0.25, 0.3) is 55.6 Å². The van der Waals surface area contributed by atoms with Crippen LogP contribution in [0.1, 0.15) is 49.9 Å². The maximum Gasteiger partial charge on any atom is 0.0710 e. The molecular weight excluding hydrogens is 508 g/mol. The van der Waals surface area contributed by atoms with E-state index in [1.54, 1.807) is 0 Å². The first kappa shape index (κ1) is 24.9. The third-order valence-corrected chi connectivity index (χ3v) is 9.53. The fourth-order valence-electron chi connectivity index (χ4n) is 7.38. The molecule has 2 aromatic heterocycles. The number of benzene rings is 4. The van der Waals surface area contributed by atoms with Crippen molar-refractivity contribution >= 4 is 21.9 Å². The van der Waals surface area contributed by atoms with E-state index in [1.165, 1.54) is 55.3 Å². The summed E-state index contributed by atoms with van der Waals surface area (Å²) in [5.41, 5.74) is 15.0. The van der Waals surface area contributed by atoms with Crippen molar-refractivity contribution in [2.24, 2.45) is 0 Å². The van der Waals surface area contributed by atoms with Gasteiger partial charge in [-0.1, -0.05) is 94.4 Å². The van der Waals surface area contributed by atoms with Gasteiger partial charge in [0.1, 0.15) is 0 Å². The second kappa shape index (κ2) is 8.84. The van der Waals surface area contributed by atoms with E-state index in [0.717, 1.165) is 22.5 Å². The minimum absolute atomic E-state index is 0.0962. The van der Waals surface area contributed by atoms with Crippen LogP contribution < -0.4 is 0 Å². The molecule has 0 radical (unpaired) electrons. The number of allylic oxidation sites excluding steroid dienone is 2. The maximum absolute atomic E-state index is 5.04. The number of hydrogen-bond donors (Lipinski definition) is 0. The molecule has 0 N–H and O–H groups in total. The molecule has 2 heterocycles. The SMILES string of the molecule is CC1(C)C2=C(c3ccc(-c4ccc5ccccc5c4)cc31)C(C)(C)c1cc(-c3cccc(-c4ccncc4)n3)ccc12. The molecule has 0 saturated carbocycles. The van der Waals surface area contributed by atoms with Crippen molar-refractivity contribution < 1.29 is 0 Å². The topological polar surface area (TPSA) is 25.8 Å². The molecule has 0 unspecified atom stereocenters. The van der Waals surface area contributed by atoms with Gasteiger partial charge in [0.2, 0.25) is 0 Å². The minimum Gasteiger partial charge on any atom is -0.265 e. The molecule has 0 spiro atoms. The summed E-state index contributed by atoms with van der Waals surface area (Å²) in [5.74, 6) is 0. The molecular formula is C40H32N2. The Morgan fingerprint density at radius 2 is 1.00 bits per heavy atom. The Balaban J connectivity index is 1.20. The van der Waals surface area contributed by atoms with E-state index in [4.69, 9.17) is 4.98 Å². The third-order valence-electron chi connectivity index (χ3n) is 9.53. The predicted molar refractivity (Wildman–Crippen MR) is 175 cm³/mol. The lowest BCUT2D eigenvalue weighted by Gasteiger charge is -2.28. The molecule has 0 aliphatic heterocycles. The van der Waals surface area contributed by atoms with Gasteiger partial charge in [-0.25, -0.2) is 4.98 Å². The second-order valence-electron chi connectivity index (χ2n) is 12.7. The lowest BCUT2D eigenvalue weighted by atomic mass is 9.75. The Bertz CT molecular complexity index is 2080. The predicted octanol–water partition coefficient (Wildman–Crippen LogP) is 10.1. The Hall–Kier alpha value is -4.82. The van der Waals surface area contributed by atoms with Crippen molar-refractivity contribution in [2.45, 2.75) is 38.5 Å². The smallest absolute Gasteiger partial charge is 0.0710 e. The fourth-order valence-corrected chi connectivity index (χ4v) is 7.38. The van der Waals surface area contributed by atoms with Crippen LogP contribution in [0, 0.1) is 0 Å². The average molecular weight is 541 g/mol. The summed E-state index contributed by atoms with van der Waals surface area (Å²) in [6, 6.07) is 39.8. The molecule has 2 aliphatic carbocycles. The third kappa shape index (κ3) is 3.58. The Kier molecular flexibility index (Phi) is 5.25. The number of aromatic nitrogens is 2. The number of nitrogens with zero attached hydrogens (tertiary/aromatic N) is 2. The van der Waals surface area contributed by atoms with E-state index in [2.05, 4.69) is 130 Å². The highest BCUT2D eigenvalue weighted by Crippen LogP contribution is 2.63. The van der Waals surface area contributed by atoms with Crippen LogP contribution in [0.2, 0.25) is 0 Å². The number of rotatable bonds is 3. The first-order valence-electron chi connectivity index (χ1n) is 14.7. The first-order chi connectivity index (χ1) is 20.3. The summed E-state index contributed by atoms with van der Waals surface area (Å²) in [6.45, 7) is 9.58. The zero-order chi connectivity index (χ0) is 28.6. The van der Waals surface area contributed by atoms with Crippen molar-refractivity contribution in [3.05, 3.63) is 144 Å². The average Bonchev–Trinajstić information content (AvgIpc) is 3.42. The highest BCUT2D eigenvalue weighted by Gasteiger charge is 2.49. The van der Waals surface area contributed by atoms with Crippen molar-refractivity contribution in [3.63, 3.8) is 0 Å². The van der Waals surface area contributed by atoms with E-state index in [1.807, 2.05) is 24.5 Å². The van der Waals surface area contributed by atoms with E-state index >= 15 is 0 Å². The molecule has 42 heavy (non-hydrogen) atoms. The largest absolute Gasteiger partial charge is 0.265 e. The molecule has 0 amide bonds. The van der Waals surface area contributed by atoms with E-state index in [-0.39, 0.29) is 10.8 Å². The minimum atomic E-state index is -0.115. The normalized spacial score (nSPS) is 15.9. The van der Waals surface area contributed by atoms with Crippen molar-refractivity contribution in [1.82, 2.24) is 9.97 Å². The second-order valence-corrected chi connectivity index (χ2v) is 12.7. The maximum atomic E-state index is 5.04. The molecule has 2 aliphatic rings. The van der Waals surface area contributed by atoms with Crippen LogP contribution in [-0.4, -0.2) is 9.97 Å². The van der Waals surface area contributed by atoms with Gasteiger partial charge in [-0.05, 0) is 97.8 Å². The fraction of sp³-hybridized carbons (Fsp3) is 0.150. The lowest BCUT2D eigenvalue weighted by Crippen LogP contribution is -2.19. The molecule has 0 saturated heterocycles. The molecule has 6 aromatic rings. The number of fused-ring (bicyclic) bond motifs is 5. The molecule has 0 fully saturated rings. The monoisotopic (exact) mass is 540 g/mol. The van der Waals surface area contributed by atoms with Gasteiger partial charge in [-0.2, -0.15) is 0 Å². The Labute approximate surface area is 247 Å². The molecule has 2 nitrogen and oxygen atoms in total. The summed E-state index contributed by atoms with van der Waals surface area (Å²) >= 11 is 0. The van der Waals surface area contributed by atoms with Crippen LogP contribution in [0.5, 0.6) is 0 Å². The van der Waals surface area contributed by atoms with Gasteiger partial charge >= 0.3 is 0 Å². The van der Waals surface area contributed by atoms with Gasteiger partial charge in [0.15, 0.2) is 0 Å². The number of pyridine rings is 2. The van der Waals surface area contributed by atoms with Crippen LogP contribution in [0.3, 0.4) is 0 Å². The highest BCUT2D eigenvalue weighted by molar-refractivity contribution is 6.10. The standard InChI is InChI=1S/C40H32N2/c1-39(2)33-23-29(28-13-12-25-8-5-6-9-27(25)22-28)14-16-31(33)37-38(39)32-17-15-30(24-34(32)40(37,3)4)36-11-7-10-35(42-36)26-18-20-41-21-19-26/h5-24H,1-4H3. The zero-order valence-electron chi connectivity index (χ0n) is 24.4. The Morgan fingerprint density at radius 1 is 0.452 bits per heavy atom. The van der Waals surface area contributed by atoms with Crippen LogP contribution >= 0.6 is 0 Å². The van der Waals surface area contributed by atoms with Gasteiger partial charge in [-0.3, -0.25) is 4.98 Å². The summed E-state index contributed by atoms with van der Waals surface area (Å²) in [5, 5.41) is 2.56. The Morgan fingerprint density at radius 3 is 1.69 bits per heavy atom. The molecule has 202 valence electrons. The van der Waals surface area contributed by atoms with Gasteiger partial charge in [-0.15, -0.1) is 0 Å². The van der Waals surface area contributed by atoms with E-state index in [0.29, 0.717) is 0 Å². The number of hydrogen-bond acceptors (Lipinski definition) is 2. The molecule has 4 aromatic carbocycles. The van der Waals surface area contributed by atoms with Crippen LogP contribution in [-0.2, 0) is 10.8 Å². The highest BCUT2D eigenvalue weighted by atomic mass is 14.7. The molecule has 2 heteroatoms. The van der Waals surface area contributed by atoms with E-state index < -0.39 is 0 Å². The van der Waals surface area contributed by atoms with E-state index in [9.17, 15) is 0 Å². The van der Waals surface area contributed by atoms with Crippen molar-refractivity contribution in [1.29, 1.82) is 0 Å². The van der Waals surface area contributed by atoms with Gasteiger partial charge in [0.25, 0.3) is 0 Å². The quantitative estimate of drug-likeness (QED) is 0.223.